The van der Waals surface area contributed by atoms with Crippen LogP contribution in [-0.2, 0) is 9.53 Å². The number of carbonyl (C=O) groups excluding carboxylic acids is 2. The van der Waals surface area contributed by atoms with Crippen molar-refractivity contribution in [1.82, 2.24) is 30.8 Å². The number of amides is 2. The van der Waals surface area contributed by atoms with E-state index in [1.807, 2.05) is 32.9 Å². The molecule has 0 fully saturated rings. The van der Waals surface area contributed by atoms with Gasteiger partial charge in [0.25, 0.3) is 0 Å². The Bertz CT molecular complexity index is 955. The monoisotopic (exact) mass is 416 g/mol. The van der Waals surface area contributed by atoms with Gasteiger partial charge in [0.05, 0.1) is 23.9 Å². The zero-order valence-electron chi connectivity index (χ0n) is 16.9. The SMILES string of the molecule is CCOC(=O)C1=C(CSc2nnnn2-c2ccc(C)cc2C)NC(=O)N[C@@H]1CC. The first-order valence-electron chi connectivity index (χ1n) is 9.41. The van der Waals surface area contributed by atoms with Crippen molar-refractivity contribution in [3.63, 3.8) is 0 Å². The maximum Gasteiger partial charge on any atom is 0.337 e. The molecule has 2 aromatic rings. The molecule has 154 valence electrons. The van der Waals surface area contributed by atoms with Crippen molar-refractivity contribution < 1.29 is 14.3 Å². The van der Waals surface area contributed by atoms with Crippen LogP contribution in [0.2, 0.25) is 0 Å². The molecule has 0 spiro atoms. The van der Waals surface area contributed by atoms with E-state index in [1.165, 1.54) is 11.8 Å². The van der Waals surface area contributed by atoms with Crippen molar-refractivity contribution in [1.29, 1.82) is 0 Å². The molecule has 9 nitrogen and oxygen atoms in total. The number of carbonyl (C=O) groups is 2. The maximum absolute atomic E-state index is 12.5. The fourth-order valence-corrected chi connectivity index (χ4v) is 4.03. The van der Waals surface area contributed by atoms with Gasteiger partial charge >= 0.3 is 12.0 Å². The summed E-state index contributed by atoms with van der Waals surface area (Å²) in [6.07, 6.45) is 0.579. The van der Waals surface area contributed by atoms with Gasteiger partial charge in [0.2, 0.25) is 5.16 Å². The van der Waals surface area contributed by atoms with E-state index in [4.69, 9.17) is 4.74 Å². The van der Waals surface area contributed by atoms with Crippen molar-refractivity contribution in [2.75, 3.05) is 12.4 Å². The smallest absolute Gasteiger partial charge is 0.337 e. The zero-order chi connectivity index (χ0) is 21.0. The summed E-state index contributed by atoms with van der Waals surface area (Å²) in [5.41, 5.74) is 4.03. The topological polar surface area (TPSA) is 111 Å². The molecule has 0 aliphatic carbocycles. The van der Waals surface area contributed by atoms with Crippen molar-refractivity contribution >= 4 is 23.8 Å². The van der Waals surface area contributed by atoms with Crippen LogP contribution in [0.3, 0.4) is 0 Å². The van der Waals surface area contributed by atoms with Gasteiger partial charge in [0.1, 0.15) is 0 Å². The normalized spacial score (nSPS) is 16.4. The Kier molecular flexibility index (Phi) is 6.53. The van der Waals surface area contributed by atoms with Gasteiger partial charge in [0.15, 0.2) is 0 Å². The number of esters is 1. The molecule has 0 saturated carbocycles. The average Bonchev–Trinajstić information content (AvgIpc) is 3.14. The first-order valence-corrected chi connectivity index (χ1v) is 10.4. The molecule has 29 heavy (non-hydrogen) atoms. The number of thioether (sulfide) groups is 1. The number of aryl methyl sites for hydroxylation is 2. The summed E-state index contributed by atoms with van der Waals surface area (Å²) in [7, 11) is 0. The average molecular weight is 417 g/mol. The lowest BCUT2D eigenvalue weighted by Crippen LogP contribution is -2.50. The van der Waals surface area contributed by atoms with E-state index in [2.05, 4.69) is 32.2 Å². The number of tetrazole rings is 1. The van der Waals surface area contributed by atoms with Crippen LogP contribution in [0, 0.1) is 13.8 Å². The summed E-state index contributed by atoms with van der Waals surface area (Å²) in [6.45, 7) is 7.94. The highest BCUT2D eigenvalue weighted by atomic mass is 32.2. The molecule has 1 aliphatic heterocycles. The Morgan fingerprint density at radius 1 is 1.31 bits per heavy atom. The lowest BCUT2D eigenvalue weighted by Gasteiger charge is -2.28. The highest BCUT2D eigenvalue weighted by Gasteiger charge is 2.31. The first kappa shape index (κ1) is 20.8. The van der Waals surface area contributed by atoms with Crippen molar-refractivity contribution in [3.05, 3.63) is 40.6 Å². The Labute approximate surface area is 173 Å². The van der Waals surface area contributed by atoms with Crippen LogP contribution >= 0.6 is 11.8 Å². The summed E-state index contributed by atoms with van der Waals surface area (Å²) in [6, 6.07) is 5.29. The van der Waals surface area contributed by atoms with E-state index in [0.717, 1.165) is 16.8 Å². The summed E-state index contributed by atoms with van der Waals surface area (Å²) >= 11 is 1.34. The minimum Gasteiger partial charge on any atom is -0.463 e. The minimum atomic E-state index is -0.434. The lowest BCUT2D eigenvalue weighted by molar-refractivity contribution is -0.139. The molecule has 10 heteroatoms. The number of aromatic nitrogens is 4. The molecule has 1 atom stereocenters. The van der Waals surface area contributed by atoms with E-state index in [0.29, 0.717) is 28.6 Å². The van der Waals surface area contributed by atoms with Crippen LogP contribution in [0.1, 0.15) is 31.4 Å². The molecule has 1 aromatic heterocycles. The van der Waals surface area contributed by atoms with Crippen molar-refractivity contribution in [2.24, 2.45) is 0 Å². The second kappa shape index (κ2) is 9.08. The van der Waals surface area contributed by atoms with E-state index in [1.54, 1.807) is 11.6 Å². The van der Waals surface area contributed by atoms with E-state index in [9.17, 15) is 9.59 Å². The molecule has 0 bridgehead atoms. The van der Waals surface area contributed by atoms with Crippen LogP contribution in [0.15, 0.2) is 34.6 Å². The number of rotatable bonds is 7. The Hall–Kier alpha value is -2.88. The summed E-state index contributed by atoms with van der Waals surface area (Å²) in [5.74, 6) is -0.111. The molecule has 3 rings (SSSR count). The van der Waals surface area contributed by atoms with Gasteiger partial charge < -0.3 is 15.4 Å². The number of hydrogen-bond donors (Lipinski definition) is 2. The maximum atomic E-state index is 12.5. The number of hydrogen-bond acceptors (Lipinski definition) is 7. The second-order valence-corrected chi connectivity index (χ2v) is 7.57. The molecule has 1 aliphatic rings. The lowest BCUT2D eigenvalue weighted by atomic mass is 10.0. The van der Waals surface area contributed by atoms with Gasteiger partial charge in [-0.05, 0) is 49.2 Å². The molecular formula is C19H24N6O3S. The predicted molar refractivity (Wildman–Crippen MR) is 109 cm³/mol. The van der Waals surface area contributed by atoms with Gasteiger partial charge in [-0.3, -0.25) is 0 Å². The first-order chi connectivity index (χ1) is 13.9. The number of benzene rings is 1. The minimum absolute atomic E-state index is 0.262. The van der Waals surface area contributed by atoms with Crippen molar-refractivity contribution in [3.8, 4) is 5.69 Å². The van der Waals surface area contributed by atoms with Crippen LogP contribution in [-0.4, -0.2) is 50.6 Å². The van der Waals surface area contributed by atoms with Crippen LogP contribution in [0.25, 0.3) is 5.69 Å². The number of ether oxygens (including phenoxy) is 1. The molecule has 0 saturated heterocycles. The molecule has 0 radical (unpaired) electrons. The quantitative estimate of drug-likeness (QED) is 0.526. The third-order valence-corrected chi connectivity index (χ3v) is 5.46. The Morgan fingerprint density at radius 3 is 2.79 bits per heavy atom. The molecule has 2 amide bonds. The van der Waals surface area contributed by atoms with Crippen LogP contribution in [0.5, 0.6) is 0 Å². The standard InChI is InChI=1S/C19H24N6O3S/c1-5-13-16(17(26)28-6-2)14(21-18(27)20-13)10-29-19-22-23-24-25(19)15-8-7-11(3)9-12(15)4/h7-9,13H,5-6,10H2,1-4H3,(H2,20,21,27)/t13-/m1/s1. The summed E-state index contributed by atoms with van der Waals surface area (Å²) in [4.78, 5) is 24.5. The second-order valence-electron chi connectivity index (χ2n) is 6.62. The van der Waals surface area contributed by atoms with Crippen molar-refractivity contribution in [2.45, 2.75) is 45.3 Å². The van der Waals surface area contributed by atoms with E-state index in [-0.39, 0.29) is 12.6 Å². The number of nitrogens with zero attached hydrogens (tertiary/aromatic N) is 4. The zero-order valence-corrected chi connectivity index (χ0v) is 17.7. The summed E-state index contributed by atoms with van der Waals surface area (Å²) < 4.78 is 6.85. The van der Waals surface area contributed by atoms with Crippen LogP contribution < -0.4 is 10.6 Å². The number of urea groups is 1. The Morgan fingerprint density at radius 2 is 2.10 bits per heavy atom. The van der Waals surface area contributed by atoms with Gasteiger partial charge in [-0.2, -0.15) is 4.68 Å². The summed E-state index contributed by atoms with van der Waals surface area (Å²) in [5, 5.41) is 18.1. The number of nitrogens with one attached hydrogen (secondary N) is 2. The fourth-order valence-electron chi connectivity index (χ4n) is 3.18. The van der Waals surface area contributed by atoms with E-state index < -0.39 is 12.0 Å². The highest BCUT2D eigenvalue weighted by Crippen LogP contribution is 2.25. The van der Waals surface area contributed by atoms with E-state index >= 15 is 0 Å². The third kappa shape index (κ3) is 4.58. The Balaban J connectivity index is 1.88. The third-order valence-electron chi connectivity index (χ3n) is 4.51. The van der Waals surface area contributed by atoms with Crippen LogP contribution in [0.4, 0.5) is 4.79 Å². The van der Waals surface area contributed by atoms with Gasteiger partial charge in [-0.25, -0.2) is 9.59 Å². The molecule has 2 heterocycles. The van der Waals surface area contributed by atoms with Gasteiger partial charge in [-0.15, -0.1) is 5.10 Å². The molecule has 2 N–H and O–H groups in total. The van der Waals surface area contributed by atoms with Gasteiger partial charge in [-0.1, -0.05) is 36.4 Å². The molecular weight excluding hydrogens is 392 g/mol. The molecule has 1 aromatic carbocycles. The molecule has 0 unspecified atom stereocenters. The van der Waals surface area contributed by atoms with Gasteiger partial charge in [0, 0.05) is 11.4 Å². The fraction of sp³-hybridized carbons (Fsp3) is 0.421. The predicted octanol–water partition coefficient (Wildman–Crippen LogP) is 2.28. The highest BCUT2D eigenvalue weighted by molar-refractivity contribution is 7.99. The largest absolute Gasteiger partial charge is 0.463 e.